The molecule has 74 valence electrons. The lowest BCUT2D eigenvalue weighted by Gasteiger charge is -1.98. The third-order valence-electron chi connectivity index (χ3n) is 1.94. The zero-order valence-electron chi connectivity index (χ0n) is 7.78. The van der Waals surface area contributed by atoms with Crippen LogP contribution in [0.4, 0.5) is 0 Å². The molecule has 15 heavy (non-hydrogen) atoms. The van der Waals surface area contributed by atoms with E-state index < -0.39 is 0 Å². The molecule has 0 saturated carbocycles. The lowest BCUT2D eigenvalue weighted by Crippen LogP contribution is -1.92. The molecule has 4 nitrogen and oxygen atoms in total. The van der Waals surface area contributed by atoms with Crippen LogP contribution >= 0.6 is 0 Å². The van der Waals surface area contributed by atoms with Crippen LogP contribution in [-0.2, 0) is 0 Å². The van der Waals surface area contributed by atoms with Crippen LogP contribution in [0.25, 0.3) is 0 Å². The quantitative estimate of drug-likeness (QED) is 0.625. The summed E-state index contributed by atoms with van der Waals surface area (Å²) < 4.78 is 10.3. The van der Waals surface area contributed by atoms with E-state index in [2.05, 4.69) is 11.8 Å². The van der Waals surface area contributed by atoms with Crippen molar-refractivity contribution in [1.82, 2.24) is 0 Å². The minimum absolute atomic E-state index is 0.164. The Bertz CT molecular complexity index is 491. The van der Waals surface area contributed by atoms with Gasteiger partial charge in [0.05, 0.1) is 5.56 Å². The number of rotatable bonds is 0. The summed E-state index contributed by atoms with van der Waals surface area (Å²) in [7, 11) is 0. The number of hydrogen-bond acceptors (Lipinski definition) is 4. The molecule has 1 aromatic rings. The highest BCUT2D eigenvalue weighted by Crippen LogP contribution is 2.34. The Balaban J connectivity index is 2.50. The van der Waals surface area contributed by atoms with Crippen molar-refractivity contribution < 1.29 is 14.6 Å². The second-order valence-electron chi connectivity index (χ2n) is 2.82. The van der Waals surface area contributed by atoms with Gasteiger partial charge in [0.1, 0.15) is 12.7 Å². The highest BCUT2D eigenvalue weighted by Gasteiger charge is 2.16. The van der Waals surface area contributed by atoms with Crippen LogP contribution in [0, 0.1) is 23.2 Å². The number of fused-ring (bicyclic) bond motifs is 1. The molecule has 0 aliphatic carbocycles. The zero-order chi connectivity index (χ0) is 10.7. The van der Waals surface area contributed by atoms with Gasteiger partial charge in [-0.15, -0.1) is 0 Å². The highest BCUT2D eigenvalue weighted by atomic mass is 16.7. The van der Waals surface area contributed by atoms with E-state index in [0.29, 0.717) is 22.6 Å². The molecule has 2 rings (SSSR count). The molecule has 0 fully saturated rings. The molecule has 0 aromatic heterocycles. The molecule has 1 N–H and O–H groups in total. The summed E-state index contributed by atoms with van der Waals surface area (Å²) in [6.45, 7) is -0.0730. The number of nitriles is 1. The van der Waals surface area contributed by atoms with Crippen molar-refractivity contribution in [2.24, 2.45) is 0 Å². The average molecular weight is 201 g/mol. The van der Waals surface area contributed by atoms with E-state index in [1.807, 2.05) is 6.07 Å². The first kappa shape index (κ1) is 9.39. The molecule has 0 saturated heterocycles. The molecule has 1 aliphatic heterocycles. The summed E-state index contributed by atoms with van der Waals surface area (Å²) in [5.41, 5.74) is 0.955. The maximum Gasteiger partial charge on any atom is 0.231 e. The van der Waals surface area contributed by atoms with Gasteiger partial charge in [-0.1, -0.05) is 11.8 Å². The maximum atomic E-state index is 8.87. The number of aliphatic hydroxyl groups is 1. The van der Waals surface area contributed by atoms with Crippen molar-refractivity contribution in [3.63, 3.8) is 0 Å². The molecule has 0 bridgehead atoms. The molecule has 0 radical (unpaired) electrons. The average Bonchev–Trinajstić information content (AvgIpc) is 2.71. The predicted molar refractivity (Wildman–Crippen MR) is 51.2 cm³/mol. The van der Waals surface area contributed by atoms with Gasteiger partial charge < -0.3 is 14.6 Å². The van der Waals surface area contributed by atoms with Gasteiger partial charge in [0.15, 0.2) is 11.5 Å². The van der Waals surface area contributed by atoms with Gasteiger partial charge in [-0.05, 0) is 0 Å². The summed E-state index contributed by atoms with van der Waals surface area (Å²) in [6, 6.07) is 5.24. The Kier molecular flexibility index (Phi) is 2.45. The van der Waals surface area contributed by atoms with Crippen LogP contribution in [0.2, 0.25) is 0 Å². The molecule has 0 atom stereocenters. The lowest BCUT2D eigenvalue weighted by atomic mass is 10.1. The van der Waals surface area contributed by atoms with E-state index in [1.54, 1.807) is 12.1 Å². The topological polar surface area (TPSA) is 62.5 Å². The first-order chi connectivity index (χ1) is 7.35. The Morgan fingerprint density at radius 3 is 2.53 bits per heavy atom. The molecule has 0 amide bonds. The van der Waals surface area contributed by atoms with Crippen LogP contribution in [0.1, 0.15) is 11.1 Å². The zero-order valence-corrected chi connectivity index (χ0v) is 7.78. The fraction of sp³-hybridized carbons (Fsp3) is 0.182. The summed E-state index contributed by atoms with van der Waals surface area (Å²) in [4.78, 5) is 0. The van der Waals surface area contributed by atoms with Crippen LogP contribution in [0.5, 0.6) is 11.5 Å². The first-order valence-corrected chi connectivity index (χ1v) is 4.28. The Morgan fingerprint density at radius 2 is 1.93 bits per heavy atom. The maximum absolute atomic E-state index is 8.87. The molecular formula is C11H7NO3. The number of benzene rings is 1. The van der Waals surface area contributed by atoms with Gasteiger partial charge in [0, 0.05) is 17.7 Å². The van der Waals surface area contributed by atoms with Crippen molar-refractivity contribution in [2.45, 2.75) is 0 Å². The van der Waals surface area contributed by atoms with Gasteiger partial charge in [-0.25, -0.2) is 0 Å². The van der Waals surface area contributed by atoms with Gasteiger partial charge in [0.25, 0.3) is 0 Å². The van der Waals surface area contributed by atoms with Crippen LogP contribution in [0.15, 0.2) is 12.1 Å². The fourth-order valence-electron chi connectivity index (χ4n) is 1.27. The van der Waals surface area contributed by atoms with Gasteiger partial charge >= 0.3 is 0 Å². The monoisotopic (exact) mass is 201 g/mol. The fourth-order valence-corrected chi connectivity index (χ4v) is 1.27. The van der Waals surface area contributed by atoms with Crippen molar-refractivity contribution in [1.29, 1.82) is 5.26 Å². The highest BCUT2D eigenvalue weighted by molar-refractivity contribution is 5.58. The first-order valence-electron chi connectivity index (χ1n) is 4.28. The summed E-state index contributed by atoms with van der Waals surface area (Å²) in [6.07, 6.45) is 0. The molecule has 1 aliphatic rings. The second-order valence-corrected chi connectivity index (χ2v) is 2.82. The van der Waals surface area contributed by atoms with Gasteiger partial charge in [-0.2, -0.15) is 5.26 Å². The van der Waals surface area contributed by atoms with E-state index in [-0.39, 0.29) is 13.4 Å². The number of aliphatic hydroxyl groups excluding tert-OH is 1. The van der Waals surface area contributed by atoms with Crippen LogP contribution in [0.3, 0.4) is 0 Å². The van der Waals surface area contributed by atoms with E-state index in [1.165, 1.54) is 0 Å². The number of nitrogens with zero attached hydrogens (tertiary/aromatic N) is 1. The van der Waals surface area contributed by atoms with Crippen molar-refractivity contribution in [3.05, 3.63) is 23.3 Å². The Hall–Kier alpha value is -2.17. The molecule has 1 heterocycles. The molecular weight excluding hydrogens is 194 g/mol. The summed E-state index contributed by atoms with van der Waals surface area (Å²) in [5.74, 6) is 6.31. The smallest absolute Gasteiger partial charge is 0.231 e. The summed E-state index contributed by atoms with van der Waals surface area (Å²) in [5, 5.41) is 17.4. The summed E-state index contributed by atoms with van der Waals surface area (Å²) >= 11 is 0. The molecule has 1 aromatic carbocycles. The lowest BCUT2D eigenvalue weighted by molar-refractivity contribution is 0.174. The van der Waals surface area contributed by atoms with Crippen molar-refractivity contribution in [2.75, 3.05) is 13.4 Å². The largest absolute Gasteiger partial charge is 0.454 e. The van der Waals surface area contributed by atoms with E-state index in [4.69, 9.17) is 19.8 Å². The third kappa shape index (κ3) is 1.71. The SMILES string of the molecule is N#Cc1cc2c(cc1C#CCO)OCO2. The molecule has 0 spiro atoms. The Labute approximate surface area is 86.7 Å². The van der Waals surface area contributed by atoms with Crippen molar-refractivity contribution in [3.8, 4) is 29.4 Å². The number of hydrogen-bond donors (Lipinski definition) is 1. The second kappa shape index (κ2) is 3.91. The Morgan fingerprint density at radius 1 is 1.27 bits per heavy atom. The van der Waals surface area contributed by atoms with Crippen molar-refractivity contribution >= 4 is 0 Å². The standard InChI is InChI=1S/C11H7NO3/c12-6-9-5-11-10(14-7-15-11)4-8(9)2-1-3-13/h4-5,13H,3,7H2. The van der Waals surface area contributed by atoms with Crippen LogP contribution < -0.4 is 9.47 Å². The van der Waals surface area contributed by atoms with E-state index in [0.717, 1.165) is 0 Å². The van der Waals surface area contributed by atoms with Crippen LogP contribution in [-0.4, -0.2) is 18.5 Å². The van der Waals surface area contributed by atoms with Gasteiger partial charge in [0.2, 0.25) is 6.79 Å². The van der Waals surface area contributed by atoms with E-state index >= 15 is 0 Å². The van der Waals surface area contributed by atoms with E-state index in [9.17, 15) is 0 Å². The van der Waals surface area contributed by atoms with Gasteiger partial charge in [-0.3, -0.25) is 0 Å². The minimum atomic E-state index is -0.237. The molecule has 0 unspecified atom stereocenters. The molecule has 4 heteroatoms. The predicted octanol–water partition coefficient (Wildman–Crippen LogP) is 0.631. The third-order valence-corrected chi connectivity index (χ3v) is 1.94. The number of ether oxygens (including phenoxy) is 2. The minimum Gasteiger partial charge on any atom is -0.454 e. The normalized spacial score (nSPS) is 11.5.